The molecule has 0 aliphatic carbocycles. The van der Waals surface area contributed by atoms with E-state index >= 15 is 0 Å². The molecule has 1 amide bonds. The van der Waals surface area contributed by atoms with Crippen molar-refractivity contribution in [3.05, 3.63) is 54.1 Å². The Bertz CT molecular complexity index is 610. The Morgan fingerprint density at radius 2 is 2.14 bits per heavy atom. The van der Waals surface area contributed by atoms with Crippen LogP contribution in [0.2, 0.25) is 0 Å². The zero-order valence-electron chi connectivity index (χ0n) is 12.3. The molecule has 1 aliphatic rings. The Balaban J connectivity index is 1.54. The van der Waals surface area contributed by atoms with Crippen LogP contribution in [0.3, 0.4) is 0 Å². The zero-order valence-corrected chi connectivity index (χ0v) is 12.3. The van der Waals surface area contributed by atoms with Crippen LogP contribution in [-0.4, -0.2) is 35.5 Å². The van der Waals surface area contributed by atoms with Gasteiger partial charge in [0.15, 0.2) is 0 Å². The third-order valence-corrected chi connectivity index (χ3v) is 3.93. The van der Waals surface area contributed by atoms with Crippen molar-refractivity contribution < 1.29 is 13.9 Å². The molecule has 0 spiro atoms. The topological polar surface area (TPSA) is 45.3 Å². The average Bonchev–Trinajstić information content (AvgIpc) is 3.08. The van der Waals surface area contributed by atoms with Gasteiger partial charge in [-0.3, -0.25) is 4.79 Å². The molecule has 116 valence electrons. The van der Waals surface area contributed by atoms with Gasteiger partial charge in [0.25, 0.3) is 5.91 Å². The molecule has 0 bridgehead atoms. The number of H-pyrrole nitrogens is 1. The highest BCUT2D eigenvalue weighted by Crippen LogP contribution is 2.20. The number of rotatable bonds is 4. The number of nitrogens with zero attached hydrogens (tertiary/aromatic N) is 1. The van der Waals surface area contributed by atoms with E-state index in [1.54, 1.807) is 24.4 Å². The van der Waals surface area contributed by atoms with Crippen LogP contribution in [0.15, 0.2) is 42.6 Å². The second-order valence-electron chi connectivity index (χ2n) is 5.61. The van der Waals surface area contributed by atoms with Gasteiger partial charge in [0.05, 0.1) is 6.61 Å². The van der Waals surface area contributed by atoms with E-state index in [-0.39, 0.29) is 11.7 Å². The van der Waals surface area contributed by atoms with Crippen LogP contribution < -0.4 is 4.74 Å². The maximum Gasteiger partial charge on any atom is 0.270 e. The minimum Gasteiger partial charge on any atom is -0.493 e. The lowest BCUT2D eigenvalue weighted by atomic mass is 9.98. The summed E-state index contributed by atoms with van der Waals surface area (Å²) < 4.78 is 18.6. The largest absolute Gasteiger partial charge is 0.493 e. The molecule has 1 aromatic carbocycles. The van der Waals surface area contributed by atoms with E-state index < -0.39 is 0 Å². The molecule has 3 rings (SSSR count). The highest BCUT2D eigenvalue weighted by molar-refractivity contribution is 5.92. The van der Waals surface area contributed by atoms with E-state index in [1.807, 2.05) is 11.0 Å². The second-order valence-corrected chi connectivity index (χ2v) is 5.61. The van der Waals surface area contributed by atoms with Gasteiger partial charge in [0, 0.05) is 25.2 Å². The van der Waals surface area contributed by atoms with E-state index in [1.165, 1.54) is 12.1 Å². The van der Waals surface area contributed by atoms with E-state index in [9.17, 15) is 9.18 Å². The minimum absolute atomic E-state index is 0.0384. The molecule has 1 atom stereocenters. The van der Waals surface area contributed by atoms with E-state index in [2.05, 4.69) is 4.98 Å². The lowest BCUT2D eigenvalue weighted by Gasteiger charge is -2.32. The quantitative estimate of drug-likeness (QED) is 0.943. The molecule has 0 saturated carbocycles. The maximum absolute atomic E-state index is 12.9. The molecule has 1 N–H and O–H groups in total. The summed E-state index contributed by atoms with van der Waals surface area (Å²) in [7, 11) is 0. The fourth-order valence-electron chi connectivity index (χ4n) is 2.76. The summed E-state index contributed by atoms with van der Waals surface area (Å²) in [5, 5.41) is 0. The lowest BCUT2D eigenvalue weighted by molar-refractivity contribution is 0.0628. The van der Waals surface area contributed by atoms with Crippen molar-refractivity contribution in [2.75, 3.05) is 19.7 Å². The molecular weight excluding hydrogens is 283 g/mol. The van der Waals surface area contributed by atoms with Crippen molar-refractivity contribution in [1.29, 1.82) is 0 Å². The van der Waals surface area contributed by atoms with Crippen LogP contribution >= 0.6 is 0 Å². The lowest BCUT2D eigenvalue weighted by Crippen LogP contribution is -2.41. The van der Waals surface area contributed by atoms with Crippen molar-refractivity contribution >= 4 is 5.91 Å². The van der Waals surface area contributed by atoms with Crippen molar-refractivity contribution in [3.63, 3.8) is 0 Å². The molecule has 0 radical (unpaired) electrons. The standard InChI is InChI=1S/C17H19FN2O2/c18-14-5-7-15(8-6-14)22-12-13-3-2-10-20(11-13)17(21)16-4-1-9-19-16/h1,4-9,13,19H,2-3,10-12H2. The number of hydrogen-bond acceptors (Lipinski definition) is 2. The van der Waals surface area contributed by atoms with Gasteiger partial charge >= 0.3 is 0 Å². The van der Waals surface area contributed by atoms with Gasteiger partial charge < -0.3 is 14.6 Å². The number of ether oxygens (including phenoxy) is 1. The summed E-state index contributed by atoms with van der Waals surface area (Å²) in [5.41, 5.74) is 0.625. The van der Waals surface area contributed by atoms with Crippen LogP contribution in [-0.2, 0) is 0 Å². The number of aromatic nitrogens is 1. The third-order valence-electron chi connectivity index (χ3n) is 3.93. The molecule has 1 fully saturated rings. The van der Waals surface area contributed by atoms with Crippen LogP contribution in [0.5, 0.6) is 5.75 Å². The van der Waals surface area contributed by atoms with Crippen molar-refractivity contribution in [2.45, 2.75) is 12.8 Å². The monoisotopic (exact) mass is 302 g/mol. The SMILES string of the molecule is O=C(c1ccc[nH]1)N1CCCC(COc2ccc(F)cc2)C1. The number of aromatic amines is 1. The fourth-order valence-corrected chi connectivity index (χ4v) is 2.76. The van der Waals surface area contributed by atoms with Gasteiger partial charge in [-0.1, -0.05) is 0 Å². The van der Waals surface area contributed by atoms with Crippen LogP contribution in [0.25, 0.3) is 0 Å². The minimum atomic E-state index is -0.271. The molecule has 22 heavy (non-hydrogen) atoms. The molecule has 1 saturated heterocycles. The third kappa shape index (κ3) is 3.47. The summed E-state index contributed by atoms with van der Waals surface area (Å²) in [6.07, 6.45) is 3.77. The Hall–Kier alpha value is -2.30. The Labute approximate surface area is 128 Å². The number of carbonyl (C=O) groups is 1. The van der Waals surface area contributed by atoms with Crippen molar-refractivity contribution in [1.82, 2.24) is 9.88 Å². The fraction of sp³-hybridized carbons (Fsp3) is 0.353. The second kappa shape index (κ2) is 6.64. The summed E-state index contributed by atoms with van der Waals surface area (Å²) in [6.45, 7) is 2.02. The summed E-state index contributed by atoms with van der Waals surface area (Å²) in [4.78, 5) is 17.2. The number of benzene rings is 1. The molecule has 2 aromatic rings. The number of likely N-dealkylation sites (tertiary alicyclic amines) is 1. The summed E-state index contributed by atoms with van der Waals surface area (Å²) >= 11 is 0. The first-order chi connectivity index (χ1) is 10.7. The highest BCUT2D eigenvalue weighted by Gasteiger charge is 2.25. The summed E-state index contributed by atoms with van der Waals surface area (Å²) in [5.74, 6) is 0.733. The molecule has 2 heterocycles. The molecule has 5 heteroatoms. The average molecular weight is 302 g/mol. The first-order valence-electron chi connectivity index (χ1n) is 7.53. The van der Waals surface area contributed by atoms with Gasteiger partial charge in [-0.15, -0.1) is 0 Å². The van der Waals surface area contributed by atoms with Crippen molar-refractivity contribution in [3.8, 4) is 5.75 Å². The number of halogens is 1. The highest BCUT2D eigenvalue weighted by atomic mass is 19.1. The van der Waals surface area contributed by atoms with Crippen molar-refractivity contribution in [2.24, 2.45) is 5.92 Å². The molecule has 4 nitrogen and oxygen atoms in total. The van der Waals surface area contributed by atoms with Gasteiger partial charge in [-0.05, 0) is 49.2 Å². The van der Waals surface area contributed by atoms with Gasteiger partial charge in [0.2, 0.25) is 0 Å². The molecule has 1 aliphatic heterocycles. The smallest absolute Gasteiger partial charge is 0.270 e. The first kappa shape index (κ1) is 14.6. The number of nitrogens with one attached hydrogen (secondary N) is 1. The van der Waals surface area contributed by atoms with Gasteiger partial charge in [-0.2, -0.15) is 0 Å². The number of hydrogen-bond donors (Lipinski definition) is 1. The predicted molar refractivity (Wildman–Crippen MR) is 81.3 cm³/mol. The van der Waals surface area contributed by atoms with Crippen LogP contribution in [0.4, 0.5) is 4.39 Å². The number of carbonyl (C=O) groups excluding carboxylic acids is 1. The van der Waals surface area contributed by atoms with E-state index in [4.69, 9.17) is 4.74 Å². The zero-order chi connectivity index (χ0) is 15.4. The first-order valence-corrected chi connectivity index (χ1v) is 7.53. The normalized spacial score (nSPS) is 18.2. The maximum atomic E-state index is 12.9. The van der Waals surface area contributed by atoms with E-state index in [0.717, 1.165) is 19.4 Å². The van der Waals surface area contributed by atoms with Crippen LogP contribution in [0.1, 0.15) is 23.3 Å². The Morgan fingerprint density at radius 1 is 1.32 bits per heavy atom. The molecule has 1 unspecified atom stereocenters. The van der Waals surface area contributed by atoms with Gasteiger partial charge in [-0.25, -0.2) is 4.39 Å². The van der Waals surface area contributed by atoms with E-state index in [0.29, 0.717) is 30.5 Å². The number of amides is 1. The predicted octanol–water partition coefficient (Wildman–Crippen LogP) is 3.09. The van der Waals surface area contributed by atoms with Crippen LogP contribution in [0, 0.1) is 11.7 Å². The van der Waals surface area contributed by atoms with Gasteiger partial charge in [0.1, 0.15) is 17.3 Å². The Kier molecular flexibility index (Phi) is 4.42. The molecular formula is C17H19FN2O2. The molecule has 1 aromatic heterocycles. The number of piperidine rings is 1. The summed E-state index contributed by atoms with van der Waals surface area (Å²) in [6, 6.07) is 9.64. The Morgan fingerprint density at radius 3 is 2.86 bits per heavy atom.